The molecule has 17 nitrogen and oxygen atoms in total. The van der Waals surface area contributed by atoms with Crippen LogP contribution in [0.1, 0.15) is 20.8 Å². The van der Waals surface area contributed by atoms with Gasteiger partial charge in [-0.2, -0.15) is 0 Å². The summed E-state index contributed by atoms with van der Waals surface area (Å²) < 4.78 is 33.1. The fourth-order valence-electron chi connectivity index (χ4n) is 4.69. The van der Waals surface area contributed by atoms with E-state index < -0.39 is 117 Å². The number of carbonyl (C=O) groups excluding carboxylic acids is 2. The third kappa shape index (κ3) is 7.02. The largest absolute Gasteiger partial charge is 0.454 e. The van der Waals surface area contributed by atoms with E-state index >= 15 is 0 Å². The highest BCUT2D eigenvalue weighted by atomic mass is 16.8. The van der Waals surface area contributed by atoms with E-state index in [2.05, 4.69) is 5.32 Å². The molecule has 39 heavy (non-hydrogen) atoms. The second kappa shape index (κ2) is 13.4. The van der Waals surface area contributed by atoms with Gasteiger partial charge in [0.25, 0.3) is 0 Å². The highest BCUT2D eigenvalue weighted by Gasteiger charge is 2.54. The second-order valence-electron chi connectivity index (χ2n) is 9.64. The minimum absolute atomic E-state index is 0.625. The topological polar surface area (TPSA) is 263 Å². The summed E-state index contributed by atoms with van der Waals surface area (Å²) in [4.78, 5) is 23.8. The number of amides is 1. The summed E-state index contributed by atoms with van der Waals surface area (Å²) >= 11 is 0. The van der Waals surface area contributed by atoms with E-state index in [1.165, 1.54) is 6.92 Å². The summed E-state index contributed by atoms with van der Waals surface area (Å²) in [6.45, 7) is 2.07. The van der Waals surface area contributed by atoms with Crippen molar-refractivity contribution in [2.24, 2.45) is 0 Å². The van der Waals surface area contributed by atoms with Crippen molar-refractivity contribution in [3.63, 3.8) is 0 Å². The van der Waals surface area contributed by atoms with Gasteiger partial charge in [0.1, 0.15) is 61.0 Å². The molecule has 3 rings (SSSR count). The molecule has 3 saturated heterocycles. The minimum Gasteiger partial charge on any atom is -0.454 e. The fourth-order valence-corrected chi connectivity index (χ4v) is 4.69. The van der Waals surface area contributed by atoms with E-state index in [9.17, 15) is 50.4 Å². The zero-order valence-corrected chi connectivity index (χ0v) is 21.4. The van der Waals surface area contributed by atoms with Gasteiger partial charge >= 0.3 is 5.97 Å². The summed E-state index contributed by atoms with van der Waals surface area (Å²) in [6, 6.07) is -1.38. The van der Waals surface area contributed by atoms with Crippen molar-refractivity contribution in [2.45, 2.75) is 113 Å². The first kappa shape index (κ1) is 31.9. The van der Waals surface area contributed by atoms with Gasteiger partial charge in [0.05, 0.1) is 19.3 Å². The molecule has 0 aromatic carbocycles. The molecule has 0 aromatic rings. The molecule has 1 amide bonds. The molecule has 0 aromatic heterocycles. The van der Waals surface area contributed by atoms with Gasteiger partial charge in [-0.3, -0.25) is 9.59 Å². The molecule has 9 N–H and O–H groups in total. The number of aliphatic hydroxyl groups is 8. The van der Waals surface area contributed by atoms with Crippen molar-refractivity contribution in [1.82, 2.24) is 5.32 Å². The lowest BCUT2D eigenvalue weighted by Crippen LogP contribution is -2.68. The van der Waals surface area contributed by atoms with Gasteiger partial charge in [0.15, 0.2) is 25.0 Å². The SMILES string of the molecule is CC(=O)N[C@@H]1[C@@H](O[C@@H]2O[C@@H](C)[C@@H](O)[C@@H](O[C@H]3O[C@H](CO)[C@@H](O)[C@H](O)[C@H]3O)[C@H]2OC(C)=O)[C@H](O)[C@@H](CO)O[C@H]1O. The van der Waals surface area contributed by atoms with Crippen molar-refractivity contribution in [1.29, 1.82) is 0 Å². The van der Waals surface area contributed by atoms with Gasteiger partial charge < -0.3 is 74.6 Å². The van der Waals surface area contributed by atoms with Crippen LogP contribution in [0.4, 0.5) is 0 Å². The molecule has 17 heteroatoms. The monoisotopic (exact) mass is 571 g/mol. The third-order valence-corrected chi connectivity index (χ3v) is 6.73. The molecule has 15 atom stereocenters. The molecule has 226 valence electrons. The normalized spacial score (nSPS) is 46.9. The van der Waals surface area contributed by atoms with Crippen LogP contribution in [0.15, 0.2) is 0 Å². The lowest BCUT2D eigenvalue weighted by atomic mass is 9.95. The van der Waals surface area contributed by atoms with Crippen molar-refractivity contribution in [2.75, 3.05) is 13.2 Å². The van der Waals surface area contributed by atoms with Crippen LogP contribution >= 0.6 is 0 Å². The Morgan fingerprint density at radius 2 is 1.31 bits per heavy atom. The number of ether oxygens (including phenoxy) is 6. The fraction of sp³-hybridized carbons (Fsp3) is 0.909. The molecule has 0 radical (unpaired) electrons. The van der Waals surface area contributed by atoms with E-state index in [1.807, 2.05) is 0 Å². The lowest BCUT2D eigenvalue weighted by Gasteiger charge is -2.49. The van der Waals surface area contributed by atoms with Gasteiger partial charge in [-0.1, -0.05) is 0 Å². The Labute approximate surface area is 222 Å². The molecular weight excluding hydrogens is 534 g/mol. The van der Waals surface area contributed by atoms with Crippen molar-refractivity contribution < 1.29 is 78.9 Å². The molecule has 3 aliphatic rings. The highest BCUT2D eigenvalue weighted by Crippen LogP contribution is 2.33. The molecule has 0 aliphatic carbocycles. The van der Waals surface area contributed by atoms with Crippen molar-refractivity contribution in [3.8, 4) is 0 Å². The summed E-state index contributed by atoms with van der Waals surface area (Å²) in [7, 11) is 0. The second-order valence-corrected chi connectivity index (χ2v) is 9.64. The van der Waals surface area contributed by atoms with Gasteiger partial charge in [0.2, 0.25) is 5.91 Å². The first-order valence-corrected chi connectivity index (χ1v) is 12.3. The Hall–Kier alpha value is -1.58. The van der Waals surface area contributed by atoms with Crippen LogP contribution in [0, 0.1) is 0 Å². The molecule has 3 fully saturated rings. The average Bonchev–Trinajstić information content (AvgIpc) is 2.87. The Morgan fingerprint density at radius 1 is 0.718 bits per heavy atom. The van der Waals surface area contributed by atoms with Crippen LogP contribution < -0.4 is 5.32 Å². The van der Waals surface area contributed by atoms with Gasteiger partial charge in [0, 0.05) is 13.8 Å². The standard InChI is InChI=1S/C22H37NO16/c1-6-12(28)18(39-21-16(32)15(31)13(29)9(4-24)37-21)19(35-8(3)27)22(34-6)38-17-11(23-7(2)26)20(33)36-10(5-25)14(17)30/h6,9-22,24-25,28-33H,4-5H2,1-3H3,(H,23,26)/t6-,9+,10+,11+,12+,13+,14+,15-,16+,17+,18+,19+,20+,21+,22-/m0/s1. The molecule has 0 bridgehead atoms. The first-order valence-electron chi connectivity index (χ1n) is 12.3. The van der Waals surface area contributed by atoms with Crippen LogP contribution in [-0.2, 0) is 38.0 Å². The van der Waals surface area contributed by atoms with E-state index in [4.69, 9.17) is 28.4 Å². The maximum Gasteiger partial charge on any atom is 0.303 e. The van der Waals surface area contributed by atoms with Gasteiger partial charge in [-0.25, -0.2) is 0 Å². The van der Waals surface area contributed by atoms with Gasteiger partial charge in [-0.15, -0.1) is 0 Å². The predicted molar refractivity (Wildman–Crippen MR) is 121 cm³/mol. The number of hydrogen-bond donors (Lipinski definition) is 9. The average molecular weight is 572 g/mol. The number of carbonyl (C=O) groups is 2. The molecule has 0 unspecified atom stereocenters. The number of rotatable bonds is 8. The van der Waals surface area contributed by atoms with Crippen molar-refractivity contribution in [3.05, 3.63) is 0 Å². The summed E-state index contributed by atoms with van der Waals surface area (Å²) in [6.07, 6.45) is -22.1. The molecular formula is C22H37NO16. The number of hydrogen-bond acceptors (Lipinski definition) is 16. The number of esters is 1. The van der Waals surface area contributed by atoms with Crippen LogP contribution in [0.3, 0.4) is 0 Å². The maximum atomic E-state index is 12.0. The molecule has 3 aliphatic heterocycles. The van der Waals surface area contributed by atoms with Crippen LogP contribution in [0.5, 0.6) is 0 Å². The zero-order valence-electron chi connectivity index (χ0n) is 21.4. The van der Waals surface area contributed by atoms with Crippen LogP contribution in [-0.4, -0.2) is 158 Å². The zero-order chi connectivity index (χ0) is 29.2. The van der Waals surface area contributed by atoms with Crippen molar-refractivity contribution >= 4 is 11.9 Å². The third-order valence-electron chi connectivity index (χ3n) is 6.73. The van der Waals surface area contributed by atoms with Gasteiger partial charge in [-0.05, 0) is 6.92 Å². The minimum atomic E-state index is -1.85. The number of nitrogens with one attached hydrogen (secondary N) is 1. The Morgan fingerprint density at radius 3 is 1.87 bits per heavy atom. The lowest BCUT2D eigenvalue weighted by molar-refractivity contribution is -0.370. The highest BCUT2D eigenvalue weighted by molar-refractivity contribution is 5.73. The molecule has 3 heterocycles. The summed E-state index contributed by atoms with van der Waals surface area (Å²) in [5.41, 5.74) is 0. The van der Waals surface area contributed by atoms with Crippen LogP contribution in [0.25, 0.3) is 0 Å². The molecule has 0 saturated carbocycles. The molecule has 0 spiro atoms. The summed E-state index contributed by atoms with van der Waals surface area (Å²) in [5.74, 6) is -1.51. The number of aliphatic hydroxyl groups excluding tert-OH is 8. The van der Waals surface area contributed by atoms with E-state index in [0.29, 0.717) is 0 Å². The first-order chi connectivity index (χ1) is 18.3. The predicted octanol–water partition coefficient (Wildman–Crippen LogP) is -5.83. The van der Waals surface area contributed by atoms with E-state index in [1.54, 1.807) is 0 Å². The van der Waals surface area contributed by atoms with Crippen LogP contribution in [0.2, 0.25) is 0 Å². The Kier molecular flexibility index (Phi) is 11.0. The maximum absolute atomic E-state index is 12.0. The van der Waals surface area contributed by atoms with E-state index in [0.717, 1.165) is 13.8 Å². The summed E-state index contributed by atoms with van der Waals surface area (Å²) in [5, 5.41) is 84.0. The smallest absolute Gasteiger partial charge is 0.303 e. The Bertz CT molecular complexity index is 832. The Balaban J connectivity index is 1.91. The quantitative estimate of drug-likeness (QED) is 0.123. The van der Waals surface area contributed by atoms with E-state index in [-0.39, 0.29) is 0 Å².